The first-order valence-electron chi connectivity index (χ1n) is 7.50. The average molecular weight is 285 g/mol. The van der Waals surface area contributed by atoms with E-state index < -0.39 is 0 Å². The van der Waals surface area contributed by atoms with Gasteiger partial charge >= 0.3 is 0 Å². The first-order chi connectivity index (χ1) is 10.3. The van der Waals surface area contributed by atoms with Crippen LogP contribution in [0.25, 0.3) is 0 Å². The van der Waals surface area contributed by atoms with Crippen molar-refractivity contribution in [3.8, 4) is 11.5 Å². The highest BCUT2D eigenvalue weighted by Crippen LogP contribution is 2.19. The average Bonchev–Trinajstić information content (AvgIpc) is 2.52. The van der Waals surface area contributed by atoms with Crippen LogP contribution in [-0.4, -0.2) is 13.2 Å². The third-order valence-electron chi connectivity index (χ3n) is 3.01. The van der Waals surface area contributed by atoms with Crippen LogP contribution in [0.15, 0.2) is 48.5 Å². The molecule has 0 atom stereocenters. The quantitative estimate of drug-likeness (QED) is 0.775. The van der Waals surface area contributed by atoms with Gasteiger partial charge in [-0.05, 0) is 43.2 Å². The van der Waals surface area contributed by atoms with Crippen molar-refractivity contribution in [3.63, 3.8) is 0 Å². The second-order valence-corrected chi connectivity index (χ2v) is 4.81. The van der Waals surface area contributed by atoms with Crippen molar-refractivity contribution < 1.29 is 9.47 Å². The van der Waals surface area contributed by atoms with Gasteiger partial charge in [-0.3, -0.25) is 0 Å². The van der Waals surface area contributed by atoms with E-state index in [0.29, 0.717) is 6.61 Å². The number of hydrogen-bond donors (Lipinski definition) is 1. The first kappa shape index (κ1) is 15.2. The number of ether oxygens (including phenoxy) is 2. The van der Waals surface area contributed by atoms with Crippen LogP contribution < -0.4 is 14.8 Å². The van der Waals surface area contributed by atoms with Gasteiger partial charge in [0.15, 0.2) is 0 Å². The molecule has 1 N–H and O–H groups in total. The highest BCUT2D eigenvalue weighted by molar-refractivity contribution is 5.48. The van der Waals surface area contributed by atoms with Gasteiger partial charge in [0.05, 0.1) is 13.2 Å². The van der Waals surface area contributed by atoms with Crippen molar-refractivity contribution in [2.24, 2.45) is 0 Å². The number of rotatable bonds is 8. The Kier molecular flexibility index (Phi) is 5.95. The van der Waals surface area contributed by atoms with Crippen molar-refractivity contribution in [2.45, 2.75) is 26.8 Å². The molecule has 0 bridgehead atoms. The van der Waals surface area contributed by atoms with Crippen LogP contribution in [0.5, 0.6) is 11.5 Å². The van der Waals surface area contributed by atoms with Gasteiger partial charge < -0.3 is 14.8 Å². The fraction of sp³-hybridized carbons (Fsp3) is 0.333. The zero-order valence-electron chi connectivity index (χ0n) is 12.8. The molecular formula is C18H23NO2. The molecule has 2 aromatic rings. The van der Waals surface area contributed by atoms with Gasteiger partial charge in [-0.15, -0.1) is 0 Å². The molecule has 112 valence electrons. The third-order valence-corrected chi connectivity index (χ3v) is 3.01. The van der Waals surface area contributed by atoms with E-state index in [9.17, 15) is 0 Å². The molecule has 0 saturated carbocycles. The molecule has 21 heavy (non-hydrogen) atoms. The van der Waals surface area contributed by atoms with Gasteiger partial charge in [0, 0.05) is 18.3 Å². The van der Waals surface area contributed by atoms with Gasteiger partial charge in [0.2, 0.25) is 0 Å². The van der Waals surface area contributed by atoms with Crippen LogP contribution in [0.3, 0.4) is 0 Å². The lowest BCUT2D eigenvalue weighted by Gasteiger charge is -2.10. The predicted octanol–water partition coefficient (Wildman–Crippen LogP) is 4.49. The highest BCUT2D eigenvalue weighted by atomic mass is 16.5. The van der Waals surface area contributed by atoms with Crippen molar-refractivity contribution in [1.82, 2.24) is 0 Å². The van der Waals surface area contributed by atoms with E-state index in [2.05, 4.69) is 24.4 Å². The minimum atomic E-state index is 0.688. The van der Waals surface area contributed by atoms with Crippen molar-refractivity contribution in [3.05, 3.63) is 54.1 Å². The van der Waals surface area contributed by atoms with E-state index in [1.165, 1.54) is 5.56 Å². The van der Waals surface area contributed by atoms with Gasteiger partial charge in [-0.2, -0.15) is 0 Å². The second kappa shape index (κ2) is 8.20. The summed E-state index contributed by atoms with van der Waals surface area (Å²) in [5.74, 6) is 1.82. The van der Waals surface area contributed by atoms with Gasteiger partial charge in [-0.1, -0.05) is 25.1 Å². The zero-order chi connectivity index (χ0) is 14.9. The Balaban J connectivity index is 1.94. The summed E-state index contributed by atoms with van der Waals surface area (Å²) in [5, 5.41) is 3.41. The summed E-state index contributed by atoms with van der Waals surface area (Å²) < 4.78 is 11.2. The van der Waals surface area contributed by atoms with Crippen LogP contribution in [0.2, 0.25) is 0 Å². The Bertz CT molecular complexity index is 554. The number of anilines is 1. The monoisotopic (exact) mass is 285 g/mol. The summed E-state index contributed by atoms with van der Waals surface area (Å²) in [7, 11) is 0. The minimum absolute atomic E-state index is 0.688. The van der Waals surface area contributed by atoms with Crippen LogP contribution in [0, 0.1) is 0 Å². The van der Waals surface area contributed by atoms with Crippen molar-refractivity contribution in [2.75, 3.05) is 18.5 Å². The maximum absolute atomic E-state index is 5.64. The first-order valence-corrected chi connectivity index (χ1v) is 7.50. The van der Waals surface area contributed by atoms with E-state index in [1.54, 1.807) is 0 Å². The van der Waals surface area contributed by atoms with E-state index in [-0.39, 0.29) is 0 Å². The van der Waals surface area contributed by atoms with Crippen LogP contribution >= 0.6 is 0 Å². The molecular weight excluding hydrogens is 262 g/mol. The fourth-order valence-corrected chi connectivity index (χ4v) is 2.03. The smallest absolute Gasteiger partial charge is 0.121 e. The summed E-state index contributed by atoms with van der Waals surface area (Å²) in [5.41, 5.74) is 2.26. The SMILES string of the molecule is CCCOc1cccc(NCc2cccc(OCC)c2)c1. The van der Waals surface area contributed by atoms with Crippen LogP contribution in [0.1, 0.15) is 25.8 Å². The molecule has 0 aliphatic rings. The van der Waals surface area contributed by atoms with Crippen molar-refractivity contribution in [1.29, 1.82) is 0 Å². The Morgan fingerprint density at radius 2 is 1.67 bits per heavy atom. The number of benzene rings is 2. The lowest BCUT2D eigenvalue weighted by molar-refractivity contribution is 0.317. The maximum Gasteiger partial charge on any atom is 0.121 e. The molecule has 2 aromatic carbocycles. The summed E-state index contributed by atoms with van der Waals surface area (Å²) in [4.78, 5) is 0. The largest absolute Gasteiger partial charge is 0.494 e. The molecule has 3 nitrogen and oxygen atoms in total. The fourth-order valence-electron chi connectivity index (χ4n) is 2.03. The Morgan fingerprint density at radius 3 is 2.43 bits per heavy atom. The third kappa shape index (κ3) is 5.03. The molecule has 0 unspecified atom stereocenters. The lowest BCUT2D eigenvalue weighted by atomic mass is 10.2. The molecule has 0 saturated heterocycles. The number of hydrogen-bond acceptors (Lipinski definition) is 3. The molecule has 0 radical (unpaired) electrons. The van der Waals surface area contributed by atoms with Crippen LogP contribution in [-0.2, 0) is 6.54 Å². The van der Waals surface area contributed by atoms with Gasteiger partial charge in [0.1, 0.15) is 11.5 Å². The lowest BCUT2D eigenvalue weighted by Crippen LogP contribution is -2.01. The molecule has 0 spiro atoms. The summed E-state index contributed by atoms with van der Waals surface area (Å²) >= 11 is 0. The maximum atomic E-state index is 5.64. The van der Waals surface area contributed by atoms with E-state index in [1.807, 2.05) is 43.3 Å². The molecule has 0 amide bonds. The zero-order valence-corrected chi connectivity index (χ0v) is 12.8. The van der Waals surface area contributed by atoms with Crippen molar-refractivity contribution >= 4 is 5.69 Å². The highest BCUT2D eigenvalue weighted by Gasteiger charge is 1.99. The summed E-state index contributed by atoms with van der Waals surface area (Å²) in [6.45, 7) is 6.30. The molecule has 3 heteroatoms. The van der Waals surface area contributed by atoms with Gasteiger partial charge in [-0.25, -0.2) is 0 Å². The Labute approximate surface area is 126 Å². The topological polar surface area (TPSA) is 30.5 Å². The van der Waals surface area contributed by atoms with E-state index >= 15 is 0 Å². The van der Waals surface area contributed by atoms with E-state index in [4.69, 9.17) is 9.47 Å². The molecule has 0 aliphatic heterocycles. The molecule has 2 rings (SSSR count). The normalized spacial score (nSPS) is 10.2. The van der Waals surface area contributed by atoms with E-state index in [0.717, 1.165) is 36.8 Å². The Hall–Kier alpha value is -2.16. The number of nitrogens with one attached hydrogen (secondary N) is 1. The Morgan fingerprint density at radius 1 is 0.905 bits per heavy atom. The molecule has 0 aliphatic carbocycles. The van der Waals surface area contributed by atoms with Gasteiger partial charge in [0.25, 0.3) is 0 Å². The van der Waals surface area contributed by atoms with Crippen LogP contribution in [0.4, 0.5) is 5.69 Å². The standard InChI is InChI=1S/C18H23NO2/c1-3-11-21-18-10-6-8-16(13-18)19-14-15-7-5-9-17(12-15)20-4-2/h5-10,12-13,19H,3-4,11,14H2,1-2H3. The molecule has 0 aromatic heterocycles. The minimum Gasteiger partial charge on any atom is -0.494 e. The summed E-state index contributed by atoms with van der Waals surface area (Å²) in [6.07, 6.45) is 1.02. The summed E-state index contributed by atoms with van der Waals surface area (Å²) in [6, 6.07) is 16.2. The molecule has 0 fully saturated rings. The second-order valence-electron chi connectivity index (χ2n) is 4.81. The molecule has 0 heterocycles. The predicted molar refractivity (Wildman–Crippen MR) is 87.2 cm³/mol.